The second-order valence-electron chi connectivity index (χ2n) is 6.61. The molecule has 0 fully saturated rings. The number of halogens is 2. The van der Waals surface area contributed by atoms with Crippen molar-refractivity contribution >= 4 is 11.8 Å². The molecule has 0 bridgehead atoms. The van der Waals surface area contributed by atoms with Gasteiger partial charge in [-0.3, -0.25) is 0 Å². The normalized spacial score (nSPS) is 11.2. The van der Waals surface area contributed by atoms with E-state index in [0.29, 0.717) is 51.6 Å². The van der Waals surface area contributed by atoms with Gasteiger partial charge >= 0.3 is 0 Å². The number of hydrogen-bond donors (Lipinski definition) is 1. The van der Waals surface area contributed by atoms with Gasteiger partial charge in [-0.1, -0.05) is 29.1 Å². The Bertz CT molecular complexity index is 1160. The van der Waals surface area contributed by atoms with Gasteiger partial charge in [0.25, 0.3) is 0 Å². The van der Waals surface area contributed by atoms with Crippen molar-refractivity contribution in [3.63, 3.8) is 0 Å². The molecule has 30 heavy (non-hydrogen) atoms. The zero-order valence-corrected chi connectivity index (χ0v) is 16.9. The third-order valence-electron chi connectivity index (χ3n) is 4.43. The van der Waals surface area contributed by atoms with E-state index in [-0.39, 0.29) is 11.6 Å². The first kappa shape index (κ1) is 20.0. The molecule has 0 amide bonds. The van der Waals surface area contributed by atoms with E-state index in [1.54, 1.807) is 31.2 Å². The van der Waals surface area contributed by atoms with E-state index in [1.807, 2.05) is 0 Å². The smallest absolute Gasteiger partial charge is 0.226 e. The quantitative estimate of drug-likeness (QED) is 0.270. The Balaban J connectivity index is 1.32. The fourth-order valence-electron chi connectivity index (χ4n) is 2.76. The first-order valence-electron chi connectivity index (χ1n) is 9.19. The molecule has 0 spiro atoms. The Morgan fingerprint density at radius 3 is 2.60 bits per heavy atom. The average molecular weight is 428 g/mol. The fraction of sp³-hybridized carbons (Fsp3) is 0.200. The van der Waals surface area contributed by atoms with Crippen molar-refractivity contribution < 1.29 is 13.3 Å². The van der Waals surface area contributed by atoms with Gasteiger partial charge in [-0.25, -0.2) is 13.5 Å². The van der Waals surface area contributed by atoms with Crippen LogP contribution in [0.4, 0.5) is 8.78 Å². The SMILES string of the molecule is Cc1ccc(-c2noc(CCCSc3nnc(-c4ccc(F)cc4)n3N)n2)cc1F. The minimum Gasteiger partial charge on any atom is -0.339 e. The van der Waals surface area contributed by atoms with E-state index in [4.69, 9.17) is 10.4 Å². The van der Waals surface area contributed by atoms with Crippen molar-refractivity contribution in [2.75, 3.05) is 11.6 Å². The molecule has 2 aromatic heterocycles. The van der Waals surface area contributed by atoms with E-state index in [0.717, 1.165) is 6.42 Å². The number of aryl methyl sites for hydroxylation is 2. The summed E-state index contributed by atoms with van der Waals surface area (Å²) < 4.78 is 33.4. The van der Waals surface area contributed by atoms with Gasteiger partial charge in [-0.05, 0) is 49.2 Å². The van der Waals surface area contributed by atoms with Gasteiger partial charge in [0, 0.05) is 23.3 Å². The van der Waals surface area contributed by atoms with Crippen LogP contribution in [0.2, 0.25) is 0 Å². The Labute approximate surface area is 175 Å². The molecule has 0 saturated carbocycles. The van der Waals surface area contributed by atoms with Gasteiger partial charge < -0.3 is 10.4 Å². The van der Waals surface area contributed by atoms with E-state index in [2.05, 4.69) is 20.3 Å². The van der Waals surface area contributed by atoms with Gasteiger partial charge in [0.1, 0.15) is 11.6 Å². The predicted molar refractivity (Wildman–Crippen MR) is 109 cm³/mol. The molecule has 2 aromatic carbocycles. The molecule has 0 aliphatic rings. The zero-order valence-electron chi connectivity index (χ0n) is 16.0. The maximum Gasteiger partial charge on any atom is 0.226 e. The van der Waals surface area contributed by atoms with Crippen molar-refractivity contribution in [3.05, 3.63) is 65.6 Å². The van der Waals surface area contributed by atoms with E-state index >= 15 is 0 Å². The topological polar surface area (TPSA) is 95.7 Å². The monoisotopic (exact) mass is 428 g/mol. The van der Waals surface area contributed by atoms with Crippen LogP contribution < -0.4 is 5.84 Å². The highest BCUT2D eigenvalue weighted by atomic mass is 32.2. The molecule has 2 N–H and O–H groups in total. The summed E-state index contributed by atoms with van der Waals surface area (Å²) in [6, 6.07) is 10.7. The van der Waals surface area contributed by atoms with Gasteiger partial charge in [0.2, 0.25) is 16.9 Å². The standard InChI is InChI=1S/C20H18F2N6OS/c1-12-4-5-14(11-16(12)22)18-24-17(29-27-18)3-2-10-30-20-26-25-19(28(20)23)13-6-8-15(21)9-7-13/h4-9,11H,2-3,10,23H2,1H3. The second kappa shape index (κ2) is 8.62. The molecule has 7 nitrogen and oxygen atoms in total. The Morgan fingerprint density at radius 2 is 1.83 bits per heavy atom. The van der Waals surface area contributed by atoms with Gasteiger partial charge in [-0.15, -0.1) is 10.2 Å². The molecule has 154 valence electrons. The highest BCUT2D eigenvalue weighted by Crippen LogP contribution is 2.23. The second-order valence-corrected chi connectivity index (χ2v) is 7.67. The van der Waals surface area contributed by atoms with Crippen LogP contribution in [-0.2, 0) is 6.42 Å². The number of nitrogen functional groups attached to an aromatic ring is 1. The molecule has 0 aliphatic heterocycles. The number of rotatable bonds is 7. The lowest BCUT2D eigenvalue weighted by Crippen LogP contribution is -2.11. The summed E-state index contributed by atoms with van der Waals surface area (Å²) in [5.41, 5.74) is 1.83. The Hall–Kier alpha value is -3.27. The lowest BCUT2D eigenvalue weighted by molar-refractivity contribution is 0.378. The molecular formula is C20H18F2N6OS. The molecule has 0 unspecified atom stereocenters. The highest BCUT2D eigenvalue weighted by molar-refractivity contribution is 7.99. The third kappa shape index (κ3) is 4.33. The van der Waals surface area contributed by atoms with Crippen LogP contribution in [0.5, 0.6) is 0 Å². The predicted octanol–water partition coefficient (Wildman–Crippen LogP) is 4.02. The average Bonchev–Trinajstić information content (AvgIpc) is 3.35. The van der Waals surface area contributed by atoms with Crippen molar-refractivity contribution in [2.24, 2.45) is 0 Å². The number of benzene rings is 2. The van der Waals surface area contributed by atoms with Crippen molar-refractivity contribution in [1.29, 1.82) is 0 Å². The van der Waals surface area contributed by atoms with E-state index in [1.165, 1.54) is 34.6 Å². The maximum absolute atomic E-state index is 13.7. The van der Waals surface area contributed by atoms with Gasteiger partial charge in [-0.2, -0.15) is 4.98 Å². The minimum absolute atomic E-state index is 0.304. The first-order valence-corrected chi connectivity index (χ1v) is 10.2. The third-order valence-corrected chi connectivity index (χ3v) is 5.46. The summed E-state index contributed by atoms with van der Waals surface area (Å²) in [5.74, 6) is 7.44. The maximum atomic E-state index is 13.7. The van der Waals surface area contributed by atoms with E-state index < -0.39 is 0 Å². The molecule has 0 atom stereocenters. The molecule has 0 aliphatic carbocycles. The van der Waals surface area contributed by atoms with Crippen LogP contribution in [0, 0.1) is 18.6 Å². The van der Waals surface area contributed by atoms with E-state index in [9.17, 15) is 8.78 Å². The zero-order chi connectivity index (χ0) is 21.1. The summed E-state index contributed by atoms with van der Waals surface area (Å²) in [6.45, 7) is 1.70. The molecule has 0 radical (unpaired) electrons. The number of hydrogen-bond acceptors (Lipinski definition) is 7. The van der Waals surface area contributed by atoms with Crippen LogP contribution in [0.15, 0.2) is 52.1 Å². The van der Waals surface area contributed by atoms with Crippen LogP contribution in [0.1, 0.15) is 17.9 Å². The lowest BCUT2D eigenvalue weighted by Gasteiger charge is -2.03. The number of nitrogens with two attached hydrogens (primary N) is 1. The van der Waals surface area contributed by atoms with Gasteiger partial charge in [0.05, 0.1) is 0 Å². The number of thioether (sulfide) groups is 1. The summed E-state index contributed by atoms with van der Waals surface area (Å²) in [7, 11) is 0. The minimum atomic E-state index is -0.326. The molecule has 0 saturated heterocycles. The molecule has 2 heterocycles. The first-order chi connectivity index (χ1) is 14.5. The Morgan fingerprint density at radius 1 is 1.07 bits per heavy atom. The highest BCUT2D eigenvalue weighted by Gasteiger charge is 2.13. The number of nitrogens with zero attached hydrogens (tertiary/aromatic N) is 5. The van der Waals surface area contributed by atoms with Crippen molar-refractivity contribution in [3.8, 4) is 22.8 Å². The largest absolute Gasteiger partial charge is 0.339 e. The van der Waals surface area contributed by atoms with Gasteiger partial charge in [0.15, 0.2) is 5.82 Å². The summed E-state index contributed by atoms with van der Waals surface area (Å²) >= 11 is 1.44. The molecule has 4 aromatic rings. The van der Waals surface area contributed by atoms with Crippen molar-refractivity contribution in [2.45, 2.75) is 24.9 Å². The molecular weight excluding hydrogens is 410 g/mol. The lowest BCUT2D eigenvalue weighted by atomic mass is 10.1. The Kier molecular flexibility index (Phi) is 5.75. The van der Waals surface area contributed by atoms with Crippen LogP contribution in [0.3, 0.4) is 0 Å². The number of aromatic nitrogens is 5. The summed E-state index contributed by atoms with van der Waals surface area (Å²) in [5, 5.41) is 12.6. The van der Waals surface area contributed by atoms with Crippen LogP contribution >= 0.6 is 11.8 Å². The van der Waals surface area contributed by atoms with Crippen LogP contribution in [-0.4, -0.2) is 30.8 Å². The van der Waals surface area contributed by atoms with Crippen molar-refractivity contribution in [1.82, 2.24) is 25.0 Å². The van der Waals surface area contributed by atoms with Crippen LogP contribution in [0.25, 0.3) is 22.8 Å². The summed E-state index contributed by atoms with van der Waals surface area (Å²) in [6.07, 6.45) is 1.31. The summed E-state index contributed by atoms with van der Waals surface area (Å²) in [4.78, 5) is 4.32. The molecule has 10 heteroatoms. The fourth-order valence-corrected chi connectivity index (χ4v) is 3.56. The molecule has 4 rings (SSSR count).